The zero-order valence-electron chi connectivity index (χ0n) is 14.4. The minimum Gasteiger partial charge on any atom is -0.465 e. The standard InChI is InChI=1S/C18H22N4O3/c1-4-15(23)22-10-12(6-5-11(22)2)21-16-13-7-8-19-17(13)20-9-14(16)18(24)25-3/h4,7-9,11-12H,1,5-6,10H2,2-3H3,(H2,19,20,21). The smallest absolute Gasteiger partial charge is 0.341 e. The molecular weight excluding hydrogens is 320 g/mol. The van der Waals surface area contributed by atoms with Gasteiger partial charge in [-0.05, 0) is 31.9 Å². The lowest BCUT2D eigenvalue weighted by molar-refractivity contribution is -0.129. The van der Waals surface area contributed by atoms with Gasteiger partial charge < -0.3 is 19.9 Å². The number of hydrogen-bond donors (Lipinski definition) is 2. The first kappa shape index (κ1) is 17.0. The molecule has 2 atom stereocenters. The summed E-state index contributed by atoms with van der Waals surface area (Å²) in [5, 5.41) is 4.26. The molecule has 7 heteroatoms. The van der Waals surface area contributed by atoms with Crippen LogP contribution in [0.5, 0.6) is 0 Å². The summed E-state index contributed by atoms with van der Waals surface area (Å²) in [6.45, 7) is 6.17. The highest BCUT2D eigenvalue weighted by Gasteiger charge is 2.29. The second-order valence-corrected chi connectivity index (χ2v) is 6.24. The molecule has 1 aliphatic rings. The van der Waals surface area contributed by atoms with E-state index in [0.29, 0.717) is 23.4 Å². The predicted octanol–water partition coefficient (Wildman–Crippen LogP) is 2.33. The van der Waals surface area contributed by atoms with Crippen molar-refractivity contribution in [3.8, 4) is 0 Å². The molecule has 2 aromatic heterocycles. The Morgan fingerprint density at radius 2 is 2.28 bits per heavy atom. The van der Waals surface area contributed by atoms with E-state index < -0.39 is 5.97 Å². The number of likely N-dealkylation sites (tertiary alicyclic amines) is 1. The zero-order chi connectivity index (χ0) is 18.0. The molecule has 0 saturated carbocycles. The molecule has 25 heavy (non-hydrogen) atoms. The molecule has 0 bridgehead atoms. The molecule has 1 amide bonds. The van der Waals surface area contributed by atoms with E-state index in [-0.39, 0.29) is 18.0 Å². The number of fused-ring (bicyclic) bond motifs is 1. The number of hydrogen-bond acceptors (Lipinski definition) is 5. The van der Waals surface area contributed by atoms with Gasteiger partial charge in [-0.25, -0.2) is 9.78 Å². The molecule has 0 radical (unpaired) electrons. The number of methoxy groups -OCH3 is 1. The summed E-state index contributed by atoms with van der Waals surface area (Å²) in [6, 6.07) is 2.08. The minimum atomic E-state index is -0.443. The molecule has 132 valence electrons. The third-order valence-corrected chi connectivity index (χ3v) is 4.68. The van der Waals surface area contributed by atoms with Crippen molar-refractivity contribution in [3.63, 3.8) is 0 Å². The second kappa shape index (κ2) is 6.96. The second-order valence-electron chi connectivity index (χ2n) is 6.24. The van der Waals surface area contributed by atoms with Gasteiger partial charge >= 0.3 is 5.97 Å². The van der Waals surface area contributed by atoms with Crippen molar-refractivity contribution >= 4 is 28.6 Å². The summed E-state index contributed by atoms with van der Waals surface area (Å²) >= 11 is 0. The summed E-state index contributed by atoms with van der Waals surface area (Å²) in [7, 11) is 1.35. The van der Waals surface area contributed by atoms with Crippen LogP contribution in [0.4, 0.5) is 5.69 Å². The van der Waals surface area contributed by atoms with E-state index in [4.69, 9.17) is 4.74 Å². The van der Waals surface area contributed by atoms with Gasteiger partial charge in [0.2, 0.25) is 5.91 Å². The van der Waals surface area contributed by atoms with Gasteiger partial charge in [0, 0.05) is 36.4 Å². The first-order chi connectivity index (χ1) is 12.0. The average molecular weight is 342 g/mol. The lowest BCUT2D eigenvalue weighted by Crippen LogP contribution is -2.49. The Hall–Kier alpha value is -2.83. The topological polar surface area (TPSA) is 87.3 Å². The van der Waals surface area contributed by atoms with Crippen LogP contribution < -0.4 is 5.32 Å². The number of ether oxygens (including phenoxy) is 1. The molecule has 2 unspecified atom stereocenters. The summed E-state index contributed by atoms with van der Waals surface area (Å²) in [4.78, 5) is 33.3. The Labute approximate surface area is 146 Å². The van der Waals surface area contributed by atoms with Crippen LogP contribution in [0, 0.1) is 0 Å². The van der Waals surface area contributed by atoms with Crippen LogP contribution in [-0.2, 0) is 9.53 Å². The molecule has 7 nitrogen and oxygen atoms in total. The van der Waals surface area contributed by atoms with Gasteiger partial charge in [-0.2, -0.15) is 0 Å². The van der Waals surface area contributed by atoms with Crippen molar-refractivity contribution in [1.82, 2.24) is 14.9 Å². The van der Waals surface area contributed by atoms with E-state index in [1.54, 1.807) is 6.20 Å². The van der Waals surface area contributed by atoms with Crippen LogP contribution in [0.25, 0.3) is 11.0 Å². The molecule has 2 aromatic rings. The Balaban J connectivity index is 1.91. The van der Waals surface area contributed by atoms with E-state index in [1.165, 1.54) is 19.4 Å². The maximum atomic E-state index is 12.1. The summed E-state index contributed by atoms with van der Waals surface area (Å²) < 4.78 is 4.88. The number of aromatic amines is 1. The average Bonchev–Trinajstić information content (AvgIpc) is 3.11. The third kappa shape index (κ3) is 3.22. The van der Waals surface area contributed by atoms with Gasteiger partial charge in [0.05, 0.1) is 12.8 Å². The highest BCUT2D eigenvalue weighted by molar-refractivity contribution is 6.04. The highest BCUT2D eigenvalue weighted by Crippen LogP contribution is 2.29. The maximum absolute atomic E-state index is 12.1. The van der Waals surface area contributed by atoms with E-state index in [9.17, 15) is 9.59 Å². The Kier molecular flexibility index (Phi) is 4.74. The van der Waals surface area contributed by atoms with Gasteiger partial charge in [0.25, 0.3) is 0 Å². The summed E-state index contributed by atoms with van der Waals surface area (Å²) in [5.41, 5.74) is 1.76. The van der Waals surface area contributed by atoms with Gasteiger partial charge in [-0.15, -0.1) is 0 Å². The van der Waals surface area contributed by atoms with Crippen LogP contribution in [0.2, 0.25) is 0 Å². The Bertz CT molecular complexity index is 814. The molecule has 3 rings (SSSR count). The van der Waals surface area contributed by atoms with Gasteiger partial charge in [0.1, 0.15) is 11.2 Å². The number of pyridine rings is 1. The molecule has 1 fully saturated rings. The third-order valence-electron chi connectivity index (χ3n) is 4.68. The monoisotopic (exact) mass is 342 g/mol. The van der Waals surface area contributed by atoms with Crippen molar-refractivity contribution in [2.24, 2.45) is 0 Å². The van der Waals surface area contributed by atoms with E-state index in [1.807, 2.05) is 17.9 Å². The number of carbonyl (C=O) groups excluding carboxylic acids is 2. The Morgan fingerprint density at radius 3 is 3.00 bits per heavy atom. The maximum Gasteiger partial charge on any atom is 0.341 e. The first-order valence-corrected chi connectivity index (χ1v) is 8.29. The molecular formula is C18H22N4O3. The lowest BCUT2D eigenvalue weighted by atomic mass is 9.98. The van der Waals surface area contributed by atoms with E-state index in [2.05, 4.69) is 21.9 Å². The van der Waals surface area contributed by atoms with Crippen LogP contribution in [0.1, 0.15) is 30.1 Å². The molecule has 3 heterocycles. The van der Waals surface area contributed by atoms with Crippen LogP contribution in [-0.4, -0.2) is 52.5 Å². The summed E-state index contributed by atoms with van der Waals surface area (Å²) in [6.07, 6.45) is 6.41. The van der Waals surface area contributed by atoms with Gasteiger partial charge in [-0.3, -0.25) is 4.79 Å². The fraction of sp³-hybridized carbons (Fsp3) is 0.389. The van der Waals surface area contributed by atoms with Crippen molar-refractivity contribution in [3.05, 3.63) is 36.7 Å². The largest absolute Gasteiger partial charge is 0.465 e. The van der Waals surface area contributed by atoms with E-state index in [0.717, 1.165) is 18.2 Å². The quantitative estimate of drug-likeness (QED) is 0.658. The molecule has 0 aliphatic carbocycles. The number of amides is 1. The minimum absolute atomic E-state index is 0.0315. The normalized spacial score (nSPS) is 20.3. The van der Waals surface area contributed by atoms with Gasteiger partial charge in [-0.1, -0.05) is 6.58 Å². The molecule has 0 aromatic carbocycles. The van der Waals surface area contributed by atoms with Crippen LogP contribution >= 0.6 is 0 Å². The SMILES string of the molecule is C=CC(=O)N1CC(Nc2c(C(=O)OC)cnc3[nH]ccc23)CCC1C. The van der Waals surface area contributed by atoms with Crippen molar-refractivity contribution in [2.75, 3.05) is 19.0 Å². The molecule has 1 saturated heterocycles. The number of H-pyrrole nitrogens is 1. The van der Waals surface area contributed by atoms with Crippen molar-refractivity contribution < 1.29 is 14.3 Å². The van der Waals surface area contributed by atoms with Crippen molar-refractivity contribution in [1.29, 1.82) is 0 Å². The fourth-order valence-electron chi connectivity index (χ4n) is 3.28. The zero-order valence-corrected chi connectivity index (χ0v) is 14.4. The number of carbonyl (C=O) groups is 2. The number of rotatable bonds is 4. The molecule has 0 spiro atoms. The number of aromatic nitrogens is 2. The van der Waals surface area contributed by atoms with Crippen LogP contribution in [0.3, 0.4) is 0 Å². The number of piperidine rings is 1. The molecule has 1 aliphatic heterocycles. The predicted molar refractivity (Wildman–Crippen MR) is 95.4 cm³/mol. The summed E-state index contributed by atoms with van der Waals surface area (Å²) in [5.74, 6) is -0.519. The number of esters is 1. The fourth-order valence-corrected chi connectivity index (χ4v) is 3.28. The Morgan fingerprint density at radius 1 is 1.48 bits per heavy atom. The van der Waals surface area contributed by atoms with Gasteiger partial charge in [0.15, 0.2) is 0 Å². The van der Waals surface area contributed by atoms with Crippen LogP contribution in [0.15, 0.2) is 31.1 Å². The number of anilines is 1. The van der Waals surface area contributed by atoms with E-state index >= 15 is 0 Å². The number of nitrogens with one attached hydrogen (secondary N) is 2. The highest BCUT2D eigenvalue weighted by atomic mass is 16.5. The lowest BCUT2D eigenvalue weighted by Gasteiger charge is -2.38. The molecule has 2 N–H and O–H groups in total. The number of nitrogens with zero attached hydrogens (tertiary/aromatic N) is 2. The first-order valence-electron chi connectivity index (χ1n) is 8.29. The van der Waals surface area contributed by atoms with Crippen molar-refractivity contribution in [2.45, 2.75) is 31.8 Å².